The van der Waals surface area contributed by atoms with Gasteiger partial charge in [-0.25, -0.2) is 0 Å². The van der Waals surface area contributed by atoms with Crippen molar-refractivity contribution in [2.24, 2.45) is 0 Å². The smallest absolute Gasteiger partial charge is 0.179 e. The van der Waals surface area contributed by atoms with Crippen molar-refractivity contribution in [2.45, 2.75) is 25.4 Å². The standard InChI is InChI=1S/C15H23ClN2O2.ClH/c1-17-12-5-4-6-18(10-12)9-11-7-13(16)15(20-3)14(8-11)19-2;/h7-8,12,17H,4-6,9-10H2,1-3H3;1H. The Kier molecular flexibility index (Phi) is 7.60. The lowest BCUT2D eigenvalue weighted by Gasteiger charge is -2.32. The molecule has 0 bridgehead atoms. The monoisotopic (exact) mass is 334 g/mol. The molecule has 0 radical (unpaired) electrons. The summed E-state index contributed by atoms with van der Waals surface area (Å²) in [5.74, 6) is 1.29. The molecule has 0 amide bonds. The van der Waals surface area contributed by atoms with Gasteiger partial charge in [-0.2, -0.15) is 0 Å². The van der Waals surface area contributed by atoms with Gasteiger partial charge >= 0.3 is 0 Å². The molecule has 21 heavy (non-hydrogen) atoms. The molecule has 1 fully saturated rings. The molecule has 1 atom stereocenters. The maximum absolute atomic E-state index is 6.25. The van der Waals surface area contributed by atoms with Gasteiger partial charge in [0.05, 0.1) is 19.2 Å². The number of piperidine rings is 1. The van der Waals surface area contributed by atoms with E-state index in [1.807, 2.05) is 19.2 Å². The number of hydrogen-bond donors (Lipinski definition) is 1. The van der Waals surface area contributed by atoms with Gasteiger partial charge in [-0.3, -0.25) is 4.90 Å². The molecule has 1 aliphatic rings. The summed E-state index contributed by atoms with van der Waals surface area (Å²) in [4.78, 5) is 2.45. The molecule has 1 aromatic carbocycles. The van der Waals surface area contributed by atoms with Gasteiger partial charge < -0.3 is 14.8 Å². The molecule has 2 rings (SSSR count). The summed E-state index contributed by atoms with van der Waals surface area (Å²) in [5.41, 5.74) is 1.16. The maximum atomic E-state index is 6.25. The Balaban J connectivity index is 0.00000220. The van der Waals surface area contributed by atoms with Gasteiger partial charge in [0.15, 0.2) is 11.5 Å². The van der Waals surface area contributed by atoms with Crippen LogP contribution >= 0.6 is 24.0 Å². The molecule has 1 heterocycles. The molecule has 1 aliphatic heterocycles. The predicted octanol–water partition coefficient (Wildman–Crippen LogP) is 2.96. The molecule has 1 unspecified atom stereocenters. The van der Waals surface area contributed by atoms with Gasteiger partial charge in [0.25, 0.3) is 0 Å². The lowest BCUT2D eigenvalue weighted by molar-refractivity contribution is 0.188. The number of benzene rings is 1. The van der Waals surface area contributed by atoms with Crippen molar-refractivity contribution in [3.05, 3.63) is 22.7 Å². The summed E-state index contributed by atoms with van der Waals surface area (Å²) < 4.78 is 10.6. The predicted molar refractivity (Wildman–Crippen MR) is 89.2 cm³/mol. The van der Waals surface area contributed by atoms with Gasteiger partial charge in [-0.05, 0) is 44.1 Å². The van der Waals surface area contributed by atoms with Crippen molar-refractivity contribution >= 4 is 24.0 Å². The molecule has 0 saturated carbocycles. The SMILES string of the molecule is CNC1CCCN(Cc2cc(Cl)c(OC)c(OC)c2)C1.Cl. The number of hydrogen-bond acceptors (Lipinski definition) is 4. The quantitative estimate of drug-likeness (QED) is 0.897. The Labute approximate surface area is 138 Å². The van der Waals surface area contributed by atoms with E-state index in [0.717, 1.165) is 25.2 Å². The number of methoxy groups -OCH3 is 2. The molecule has 0 spiro atoms. The zero-order valence-electron chi connectivity index (χ0n) is 12.8. The van der Waals surface area contributed by atoms with Crippen LogP contribution in [0.3, 0.4) is 0 Å². The van der Waals surface area contributed by atoms with Crippen LogP contribution in [0.15, 0.2) is 12.1 Å². The zero-order valence-corrected chi connectivity index (χ0v) is 14.4. The Morgan fingerprint density at radius 2 is 2.10 bits per heavy atom. The number of nitrogens with one attached hydrogen (secondary N) is 1. The summed E-state index contributed by atoms with van der Waals surface area (Å²) in [7, 11) is 5.27. The first-order chi connectivity index (χ1) is 9.67. The second-order valence-corrected chi connectivity index (χ2v) is 5.58. The summed E-state index contributed by atoms with van der Waals surface area (Å²) in [6.45, 7) is 3.09. The lowest BCUT2D eigenvalue weighted by Crippen LogP contribution is -2.43. The zero-order chi connectivity index (χ0) is 14.5. The second-order valence-electron chi connectivity index (χ2n) is 5.18. The summed E-state index contributed by atoms with van der Waals surface area (Å²) >= 11 is 6.25. The van der Waals surface area contributed by atoms with Crippen LogP contribution in [0.4, 0.5) is 0 Å². The average molecular weight is 335 g/mol. The molecule has 1 aromatic rings. The fraction of sp³-hybridized carbons (Fsp3) is 0.600. The summed E-state index contributed by atoms with van der Waals surface area (Å²) in [6, 6.07) is 4.55. The first-order valence-corrected chi connectivity index (χ1v) is 7.35. The van der Waals surface area contributed by atoms with Crippen LogP contribution in [0, 0.1) is 0 Å². The minimum Gasteiger partial charge on any atom is -0.493 e. The molecular weight excluding hydrogens is 311 g/mol. The lowest BCUT2D eigenvalue weighted by atomic mass is 10.0. The van der Waals surface area contributed by atoms with Crippen LogP contribution in [-0.2, 0) is 6.54 Å². The van der Waals surface area contributed by atoms with E-state index in [9.17, 15) is 0 Å². The molecule has 120 valence electrons. The van der Waals surface area contributed by atoms with Crippen LogP contribution < -0.4 is 14.8 Å². The van der Waals surface area contributed by atoms with E-state index in [1.165, 1.54) is 12.8 Å². The molecule has 0 aromatic heterocycles. The van der Waals surface area contributed by atoms with Crippen LogP contribution in [0.25, 0.3) is 0 Å². The minimum absolute atomic E-state index is 0. The third kappa shape index (κ3) is 4.65. The molecule has 6 heteroatoms. The van der Waals surface area contributed by atoms with E-state index in [4.69, 9.17) is 21.1 Å². The molecule has 4 nitrogen and oxygen atoms in total. The van der Waals surface area contributed by atoms with Crippen LogP contribution in [-0.4, -0.2) is 45.3 Å². The van der Waals surface area contributed by atoms with E-state index in [2.05, 4.69) is 10.2 Å². The Morgan fingerprint density at radius 1 is 1.33 bits per heavy atom. The van der Waals surface area contributed by atoms with Gasteiger partial charge in [-0.1, -0.05) is 11.6 Å². The number of nitrogens with zero attached hydrogens (tertiary/aromatic N) is 1. The van der Waals surface area contributed by atoms with E-state index in [1.54, 1.807) is 14.2 Å². The first-order valence-electron chi connectivity index (χ1n) is 6.98. The third-order valence-corrected chi connectivity index (χ3v) is 4.09. The van der Waals surface area contributed by atoms with Gasteiger partial charge in [0, 0.05) is 19.1 Å². The highest BCUT2D eigenvalue weighted by Crippen LogP contribution is 2.36. The largest absolute Gasteiger partial charge is 0.493 e. The van der Waals surface area contributed by atoms with Crippen LogP contribution in [0.5, 0.6) is 11.5 Å². The molecular formula is C15H24Cl2N2O2. The van der Waals surface area contributed by atoms with Crippen molar-refractivity contribution in [1.82, 2.24) is 10.2 Å². The van der Waals surface area contributed by atoms with Gasteiger partial charge in [0.2, 0.25) is 0 Å². The molecule has 1 saturated heterocycles. The van der Waals surface area contributed by atoms with E-state index in [-0.39, 0.29) is 12.4 Å². The van der Waals surface area contributed by atoms with Gasteiger partial charge in [0.1, 0.15) is 0 Å². The second kappa shape index (κ2) is 8.69. The number of ether oxygens (including phenoxy) is 2. The van der Waals surface area contributed by atoms with E-state index >= 15 is 0 Å². The highest BCUT2D eigenvalue weighted by atomic mass is 35.5. The van der Waals surface area contributed by atoms with Crippen molar-refractivity contribution in [2.75, 3.05) is 34.4 Å². The Bertz CT molecular complexity index is 458. The van der Waals surface area contributed by atoms with E-state index < -0.39 is 0 Å². The number of rotatable bonds is 5. The van der Waals surface area contributed by atoms with Crippen LogP contribution in [0.1, 0.15) is 18.4 Å². The normalized spacial score (nSPS) is 19.0. The highest BCUT2D eigenvalue weighted by molar-refractivity contribution is 6.32. The molecule has 0 aliphatic carbocycles. The summed E-state index contributed by atoms with van der Waals surface area (Å²) in [6.07, 6.45) is 2.48. The fourth-order valence-corrected chi connectivity index (χ4v) is 3.07. The molecule has 1 N–H and O–H groups in total. The van der Waals surface area contributed by atoms with Crippen LogP contribution in [0.2, 0.25) is 5.02 Å². The van der Waals surface area contributed by atoms with Crippen molar-refractivity contribution in [3.8, 4) is 11.5 Å². The Morgan fingerprint density at radius 3 is 2.71 bits per heavy atom. The average Bonchev–Trinajstić information content (AvgIpc) is 2.46. The fourth-order valence-electron chi connectivity index (χ4n) is 2.76. The number of halogens is 2. The van der Waals surface area contributed by atoms with Gasteiger partial charge in [-0.15, -0.1) is 12.4 Å². The Hall–Kier alpha value is -0.680. The van der Waals surface area contributed by atoms with Crippen molar-refractivity contribution < 1.29 is 9.47 Å². The van der Waals surface area contributed by atoms with Crippen molar-refractivity contribution in [3.63, 3.8) is 0 Å². The number of likely N-dealkylation sites (N-methyl/N-ethyl adjacent to an activating group) is 1. The highest BCUT2D eigenvalue weighted by Gasteiger charge is 2.19. The minimum atomic E-state index is 0. The number of likely N-dealkylation sites (tertiary alicyclic amines) is 1. The topological polar surface area (TPSA) is 33.7 Å². The van der Waals surface area contributed by atoms with Crippen molar-refractivity contribution in [1.29, 1.82) is 0 Å². The third-order valence-electron chi connectivity index (χ3n) is 3.81. The van der Waals surface area contributed by atoms with E-state index in [0.29, 0.717) is 22.6 Å². The first kappa shape index (κ1) is 18.4. The maximum Gasteiger partial charge on any atom is 0.179 e. The summed E-state index contributed by atoms with van der Waals surface area (Å²) in [5, 5.41) is 3.96.